The molecule has 186 valence electrons. The summed E-state index contributed by atoms with van der Waals surface area (Å²) in [6.45, 7) is 6.14. The molecule has 36 heavy (non-hydrogen) atoms. The van der Waals surface area contributed by atoms with E-state index in [1.165, 1.54) is 11.1 Å². The smallest absolute Gasteiger partial charge is 0.411 e. The number of amides is 3. The van der Waals surface area contributed by atoms with Crippen LogP contribution in [0.2, 0.25) is 0 Å². The van der Waals surface area contributed by atoms with Crippen LogP contribution in [0.1, 0.15) is 53.4 Å². The van der Waals surface area contributed by atoms with E-state index in [1.54, 1.807) is 42.6 Å². The molecule has 3 amide bonds. The van der Waals surface area contributed by atoms with Gasteiger partial charge in [0.1, 0.15) is 0 Å². The van der Waals surface area contributed by atoms with Crippen LogP contribution >= 0.6 is 0 Å². The Balaban J connectivity index is 1.61. The molecule has 2 aromatic carbocycles. The minimum atomic E-state index is -0.864. The van der Waals surface area contributed by atoms with Crippen LogP contribution in [0, 0.1) is 6.92 Å². The van der Waals surface area contributed by atoms with Crippen LogP contribution in [0.5, 0.6) is 0 Å². The molecule has 2 N–H and O–H groups in total. The summed E-state index contributed by atoms with van der Waals surface area (Å²) in [5.41, 5.74) is 3.57. The molecule has 1 fully saturated rings. The number of anilines is 1. The van der Waals surface area contributed by atoms with E-state index in [9.17, 15) is 14.4 Å². The molecule has 3 aromatic rings. The molecule has 1 aromatic heterocycles. The lowest BCUT2D eigenvalue weighted by Gasteiger charge is -2.26. The fourth-order valence-corrected chi connectivity index (χ4v) is 4.02. The van der Waals surface area contributed by atoms with Gasteiger partial charge in [0, 0.05) is 24.1 Å². The number of hydrogen-bond acceptors (Lipinski definition) is 5. The second-order valence-corrected chi connectivity index (χ2v) is 9.00. The third-order valence-corrected chi connectivity index (χ3v) is 6.22. The Hall–Kier alpha value is -4.20. The molecule has 3 unspecified atom stereocenters. The van der Waals surface area contributed by atoms with Crippen LogP contribution in [0.4, 0.5) is 10.5 Å². The highest BCUT2D eigenvalue weighted by Gasteiger charge is 2.47. The summed E-state index contributed by atoms with van der Waals surface area (Å²) >= 11 is 0. The van der Waals surface area contributed by atoms with Gasteiger partial charge in [-0.15, -0.1) is 0 Å². The van der Waals surface area contributed by atoms with Gasteiger partial charge in [0.15, 0.2) is 12.1 Å². The first-order valence-corrected chi connectivity index (χ1v) is 12.0. The van der Waals surface area contributed by atoms with Gasteiger partial charge in [-0.25, -0.2) is 4.79 Å². The monoisotopic (exact) mass is 486 g/mol. The molecule has 0 spiro atoms. The first-order chi connectivity index (χ1) is 17.4. The number of pyridine rings is 1. The number of benzene rings is 2. The van der Waals surface area contributed by atoms with Crippen molar-refractivity contribution in [2.45, 2.75) is 51.9 Å². The second kappa shape index (κ2) is 11.0. The third-order valence-electron chi connectivity index (χ3n) is 6.22. The molecule has 1 saturated heterocycles. The number of rotatable bonds is 8. The van der Waals surface area contributed by atoms with E-state index in [-0.39, 0.29) is 24.4 Å². The molecule has 0 radical (unpaired) electrons. The molecule has 8 nitrogen and oxygen atoms in total. The zero-order valence-electron chi connectivity index (χ0n) is 20.6. The van der Waals surface area contributed by atoms with Crippen LogP contribution in [-0.2, 0) is 16.1 Å². The van der Waals surface area contributed by atoms with Crippen molar-refractivity contribution in [1.82, 2.24) is 15.2 Å². The Morgan fingerprint density at radius 2 is 1.89 bits per heavy atom. The number of nitrogens with one attached hydrogen (secondary N) is 2. The fourth-order valence-electron chi connectivity index (χ4n) is 4.02. The average Bonchev–Trinajstić information content (AvgIpc) is 3.21. The standard InChI is InChI=1S/C28H30N4O4/c1-4-19(3)30-27(34)24-25(36-28(35)32(24)17-20-12-10-18(2)11-13-20)21-7-5-9-23(15-21)31-26(33)22-8-6-14-29-16-22/h5-16,19,24-25H,4,17H2,1-3H3,(H,30,34)(H,31,33). The zero-order chi connectivity index (χ0) is 25.7. The first-order valence-electron chi connectivity index (χ1n) is 12.0. The lowest BCUT2D eigenvalue weighted by atomic mass is 9.99. The molecule has 2 heterocycles. The Bertz CT molecular complexity index is 1230. The van der Waals surface area contributed by atoms with Crippen LogP contribution in [0.3, 0.4) is 0 Å². The predicted octanol–water partition coefficient (Wildman–Crippen LogP) is 4.62. The SMILES string of the molecule is CCC(C)NC(=O)C1C(c2cccc(NC(=O)c3cccnc3)c2)OC(=O)N1Cc1ccc(C)cc1. The van der Waals surface area contributed by atoms with Crippen molar-refractivity contribution in [3.05, 3.63) is 95.3 Å². The Labute approximate surface area is 210 Å². The number of ether oxygens (including phenoxy) is 1. The minimum Gasteiger partial charge on any atom is -0.438 e. The van der Waals surface area contributed by atoms with Crippen molar-refractivity contribution in [2.24, 2.45) is 0 Å². The van der Waals surface area contributed by atoms with Crippen LogP contribution in [0.15, 0.2) is 73.1 Å². The molecular weight excluding hydrogens is 456 g/mol. The number of carbonyl (C=O) groups is 3. The van der Waals surface area contributed by atoms with Crippen LogP contribution in [-0.4, -0.2) is 39.9 Å². The summed E-state index contributed by atoms with van der Waals surface area (Å²) in [5, 5.41) is 5.84. The summed E-state index contributed by atoms with van der Waals surface area (Å²) in [7, 11) is 0. The number of carbonyl (C=O) groups excluding carboxylic acids is 3. The van der Waals surface area contributed by atoms with E-state index in [1.807, 2.05) is 45.0 Å². The molecule has 1 aliphatic heterocycles. The first kappa shape index (κ1) is 24.9. The second-order valence-electron chi connectivity index (χ2n) is 9.00. The topological polar surface area (TPSA) is 101 Å². The Morgan fingerprint density at radius 1 is 1.11 bits per heavy atom. The fraction of sp³-hybridized carbons (Fsp3) is 0.286. The lowest BCUT2D eigenvalue weighted by molar-refractivity contribution is -0.127. The highest BCUT2D eigenvalue weighted by Crippen LogP contribution is 2.35. The van der Waals surface area contributed by atoms with Crippen molar-refractivity contribution >= 4 is 23.6 Å². The summed E-state index contributed by atoms with van der Waals surface area (Å²) < 4.78 is 5.75. The van der Waals surface area contributed by atoms with E-state index >= 15 is 0 Å². The van der Waals surface area contributed by atoms with Crippen molar-refractivity contribution in [2.75, 3.05) is 5.32 Å². The normalized spacial score (nSPS) is 17.9. The van der Waals surface area contributed by atoms with Gasteiger partial charge in [0.25, 0.3) is 5.91 Å². The summed E-state index contributed by atoms with van der Waals surface area (Å²) in [6.07, 6.45) is 2.44. The van der Waals surface area contributed by atoms with Crippen LogP contribution < -0.4 is 10.6 Å². The van der Waals surface area contributed by atoms with Gasteiger partial charge in [-0.1, -0.05) is 48.9 Å². The molecule has 4 rings (SSSR count). The molecule has 0 aliphatic carbocycles. The van der Waals surface area contributed by atoms with Gasteiger partial charge in [-0.05, 0) is 55.7 Å². The van der Waals surface area contributed by atoms with E-state index < -0.39 is 18.2 Å². The number of nitrogens with zero attached hydrogens (tertiary/aromatic N) is 2. The van der Waals surface area contributed by atoms with Crippen molar-refractivity contribution in [1.29, 1.82) is 0 Å². The van der Waals surface area contributed by atoms with Gasteiger partial charge >= 0.3 is 6.09 Å². The molecule has 1 aliphatic rings. The van der Waals surface area contributed by atoms with E-state index in [4.69, 9.17) is 4.74 Å². The Kier molecular flexibility index (Phi) is 7.63. The largest absolute Gasteiger partial charge is 0.438 e. The van der Waals surface area contributed by atoms with Gasteiger partial charge in [0.2, 0.25) is 5.91 Å². The maximum absolute atomic E-state index is 13.4. The molecule has 0 saturated carbocycles. The van der Waals surface area contributed by atoms with Gasteiger partial charge in [-0.3, -0.25) is 19.5 Å². The van der Waals surface area contributed by atoms with E-state index in [2.05, 4.69) is 15.6 Å². The van der Waals surface area contributed by atoms with Gasteiger partial charge in [-0.2, -0.15) is 0 Å². The maximum Gasteiger partial charge on any atom is 0.411 e. The van der Waals surface area contributed by atoms with Gasteiger partial charge < -0.3 is 15.4 Å². The lowest BCUT2D eigenvalue weighted by Crippen LogP contribution is -2.48. The van der Waals surface area contributed by atoms with Gasteiger partial charge in [0.05, 0.1) is 12.1 Å². The molecular formula is C28H30N4O4. The number of cyclic esters (lactones) is 1. The molecule has 0 bridgehead atoms. The summed E-state index contributed by atoms with van der Waals surface area (Å²) in [6, 6.07) is 17.3. The number of aryl methyl sites for hydroxylation is 1. The minimum absolute atomic E-state index is 0.0554. The average molecular weight is 487 g/mol. The summed E-state index contributed by atoms with van der Waals surface area (Å²) in [5.74, 6) is -0.590. The highest BCUT2D eigenvalue weighted by atomic mass is 16.6. The van der Waals surface area contributed by atoms with E-state index in [0.29, 0.717) is 16.8 Å². The van der Waals surface area contributed by atoms with Crippen molar-refractivity contribution in [3.8, 4) is 0 Å². The third kappa shape index (κ3) is 5.71. The zero-order valence-corrected chi connectivity index (χ0v) is 20.6. The quantitative estimate of drug-likeness (QED) is 0.484. The number of aromatic nitrogens is 1. The predicted molar refractivity (Wildman–Crippen MR) is 136 cm³/mol. The van der Waals surface area contributed by atoms with E-state index in [0.717, 1.165) is 17.5 Å². The molecule has 8 heteroatoms. The summed E-state index contributed by atoms with van der Waals surface area (Å²) in [4.78, 5) is 44.4. The number of hydrogen-bond donors (Lipinski definition) is 2. The van der Waals surface area contributed by atoms with Crippen LogP contribution in [0.25, 0.3) is 0 Å². The van der Waals surface area contributed by atoms with Crippen molar-refractivity contribution in [3.63, 3.8) is 0 Å². The molecule has 3 atom stereocenters. The highest BCUT2D eigenvalue weighted by molar-refractivity contribution is 6.04. The van der Waals surface area contributed by atoms with Crippen molar-refractivity contribution < 1.29 is 19.1 Å². The maximum atomic E-state index is 13.4. The Morgan fingerprint density at radius 3 is 2.58 bits per heavy atom.